The number of likely N-dealkylation sites (N-methyl/N-ethyl adjacent to an activating group) is 1. The van der Waals surface area contributed by atoms with Gasteiger partial charge in [-0.3, -0.25) is 4.79 Å². The summed E-state index contributed by atoms with van der Waals surface area (Å²) in [5, 5.41) is 6.14. The highest BCUT2D eigenvalue weighted by atomic mass is 16.5. The minimum atomic E-state index is -0.239. The van der Waals surface area contributed by atoms with Crippen LogP contribution in [0.3, 0.4) is 0 Å². The van der Waals surface area contributed by atoms with Gasteiger partial charge in [0.15, 0.2) is 0 Å². The molecule has 0 spiro atoms. The Morgan fingerprint density at radius 1 is 1.00 bits per heavy atom. The molecule has 1 amide bonds. The largest absolute Gasteiger partial charge is 0.495 e. The maximum atomic E-state index is 12.6. The van der Waals surface area contributed by atoms with Gasteiger partial charge in [0.05, 0.1) is 18.4 Å². The van der Waals surface area contributed by atoms with E-state index in [1.807, 2.05) is 44.2 Å². The lowest BCUT2D eigenvalue weighted by molar-refractivity contribution is 0.102. The summed E-state index contributed by atoms with van der Waals surface area (Å²) in [4.78, 5) is 25.9. The molecule has 172 valence electrons. The molecule has 2 aromatic carbocycles. The molecule has 3 aromatic rings. The summed E-state index contributed by atoms with van der Waals surface area (Å²) in [6, 6.07) is 11.9. The van der Waals surface area contributed by atoms with Gasteiger partial charge in [-0.25, -0.2) is 9.97 Å². The van der Waals surface area contributed by atoms with Crippen molar-refractivity contribution < 1.29 is 9.53 Å². The number of aromatic nitrogens is 2. The van der Waals surface area contributed by atoms with E-state index in [9.17, 15) is 4.79 Å². The highest BCUT2D eigenvalue weighted by Crippen LogP contribution is 2.32. The first-order valence-electron chi connectivity index (χ1n) is 11.0. The molecule has 0 unspecified atom stereocenters. The number of nitrogens with zero attached hydrogens (tertiary/aromatic N) is 4. The Labute approximate surface area is 194 Å². The summed E-state index contributed by atoms with van der Waals surface area (Å²) in [6.07, 6.45) is 3.04. The standard InChI is InChI=1S/C25H30N6O2/c1-17-6-5-7-18(2)23(17)29-24(32)19-15-26-25(27-16-19)28-20-8-9-21(22(14-20)33-4)31-12-10-30(3)11-13-31/h5-9,14-16H,10-13H2,1-4H3,(H,29,32)(H,26,27,28). The van der Waals surface area contributed by atoms with Crippen molar-refractivity contribution in [3.05, 3.63) is 65.5 Å². The third kappa shape index (κ3) is 5.23. The van der Waals surface area contributed by atoms with E-state index in [0.29, 0.717) is 11.5 Å². The predicted molar refractivity (Wildman–Crippen MR) is 132 cm³/mol. The zero-order valence-corrected chi connectivity index (χ0v) is 19.6. The SMILES string of the molecule is COc1cc(Nc2ncc(C(=O)Nc3c(C)cccc3C)cn2)ccc1N1CCN(C)CC1. The molecule has 0 atom stereocenters. The minimum Gasteiger partial charge on any atom is -0.495 e. The molecule has 2 heterocycles. The molecule has 0 bridgehead atoms. The third-order valence-electron chi connectivity index (χ3n) is 5.91. The van der Waals surface area contributed by atoms with Gasteiger partial charge >= 0.3 is 0 Å². The Balaban J connectivity index is 1.44. The molecular weight excluding hydrogens is 416 g/mol. The van der Waals surface area contributed by atoms with Crippen LogP contribution < -0.4 is 20.3 Å². The number of carbonyl (C=O) groups excluding carboxylic acids is 1. The van der Waals surface area contributed by atoms with E-state index >= 15 is 0 Å². The monoisotopic (exact) mass is 446 g/mol. The molecule has 0 aliphatic carbocycles. The third-order valence-corrected chi connectivity index (χ3v) is 5.91. The van der Waals surface area contributed by atoms with Crippen molar-refractivity contribution in [3.63, 3.8) is 0 Å². The Bertz CT molecular complexity index is 1100. The lowest BCUT2D eigenvalue weighted by Gasteiger charge is -2.34. The van der Waals surface area contributed by atoms with Crippen molar-refractivity contribution in [2.45, 2.75) is 13.8 Å². The number of piperazine rings is 1. The molecule has 1 saturated heterocycles. The molecule has 0 saturated carbocycles. The average Bonchev–Trinajstić information content (AvgIpc) is 2.82. The zero-order valence-electron chi connectivity index (χ0n) is 19.6. The summed E-state index contributed by atoms with van der Waals surface area (Å²) in [5.41, 5.74) is 5.13. The van der Waals surface area contributed by atoms with Crippen molar-refractivity contribution in [2.24, 2.45) is 0 Å². The fourth-order valence-electron chi connectivity index (χ4n) is 3.90. The first-order valence-corrected chi connectivity index (χ1v) is 11.0. The summed E-state index contributed by atoms with van der Waals surface area (Å²) in [5.74, 6) is 0.972. The van der Waals surface area contributed by atoms with E-state index in [4.69, 9.17) is 4.74 Å². The smallest absolute Gasteiger partial charge is 0.258 e. The average molecular weight is 447 g/mol. The van der Waals surface area contributed by atoms with Crippen molar-refractivity contribution in [1.29, 1.82) is 0 Å². The van der Waals surface area contributed by atoms with Crippen molar-refractivity contribution in [1.82, 2.24) is 14.9 Å². The Morgan fingerprint density at radius 3 is 2.30 bits per heavy atom. The second kappa shape index (κ2) is 9.87. The van der Waals surface area contributed by atoms with Crippen LogP contribution in [-0.4, -0.2) is 61.1 Å². The quantitative estimate of drug-likeness (QED) is 0.595. The summed E-state index contributed by atoms with van der Waals surface area (Å²) < 4.78 is 5.64. The molecule has 8 heteroatoms. The Morgan fingerprint density at radius 2 is 1.67 bits per heavy atom. The summed E-state index contributed by atoms with van der Waals surface area (Å²) in [7, 11) is 3.82. The normalized spacial score (nSPS) is 14.1. The van der Waals surface area contributed by atoms with Crippen molar-refractivity contribution >= 4 is 28.9 Å². The highest BCUT2D eigenvalue weighted by molar-refractivity contribution is 6.04. The van der Waals surface area contributed by atoms with Gasteiger partial charge in [0.1, 0.15) is 5.75 Å². The molecule has 1 aliphatic heterocycles. The van der Waals surface area contributed by atoms with E-state index in [1.165, 1.54) is 12.4 Å². The number of methoxy groups -OCH3 is 1. The second-order valence-electron chi connectivity index (χ2n) is 8.32. The number of hydrogen-bond donors (Lipinski definition) is 2. The van der Waals surface area contributed by atoms with Gasteiger partial charge in [-0.1, -0.05) is 18.2 Å². The van der Waals surface area contributed by atoms with Crippen molar-refractivity contribution in [2.75, 3.05) is 55.9 Å². The molecule has 1 aliphatic rings. The van der Waals surface area contributed by atoms with Crippen LogP contribution >= 0.6 is 0 Å². The highest BCUT2D eigenvalue weighted by Gasteiger charge is 2.18. The fourth-order valence-corrected chi connectivity index (χ4v) is 3.90. The van der Waals surface area contributed by atoms with Gasteiger partial charge in [-0.15, -0.1) is 0 Å². The second-order valence-corrected chi connectivity index (χ2v) is 8.32. The van der Waals surface area contributed by atoms with Gasteiger partial charge in [0.25, 0.3) is 5.91 Å². The topological polar surface area (TPSA) is 82.6 Å². The number of anilines is 4. The number of ether oxygens (including phenoxy) is 1. The molecule has 1 aromatic heterocycles. The van der Waals surface area contributed by atoms with Crippen LogP contribution in [-0.2, 0) is 0 Å². The Hall–Kier alpha value is -3.65. The number of benzene rings is 2. The summed E-state index contributed by atoms with van der Waals surface area (Å²) >= 11 is 0. The number of para-hydroxylation sites is 1. The lowest BCUT2D eigenvalue weighted by Crippen LogP contribution is -2.44. The van der Waals surface area contributed by atoms with Gasteiger partial charge in [0.2, 0.25) is 5.95 Å². The first kappa shape index (κ1) is 22.5. The Kier molecular flexibility index (Phi) is 6.74. The molecule has 4 rings (SSSR count). The van der Waals surface area contributed by atoms with Crippen LogP contribution in [0.5, 0.6) is 5.75 Å². The molecule has 33 heavy (non-hydrogen) atoms. The number of hydrogen-bond acceptors (Lipinski definition) is 7. The van der Waals surface area contributed by atoms with E-state index in [2.05, 4.69) is 43.5 Å². The fraction of sp³-hybridized carbons (Fsp3) is 0.320. The maximum absolute atomic E-state index is 12.6. The number of amides is 1. The minimum absolute atomic E-state index is 0.239. The van der Waals surface area contributed by atoms with E-state index in [-0.39, 0.29) is 5.91 Å². The van der Waals surface area contributed by atoms with Gasteiger partial charge in [0, 0.05) is 56.0 Å². The van der Waals surface area contributed by atoms with Crippen LogP contribution in [0.25, 0.3) is 0 Å². The molecule has 1 fully saturated rings. The van der Waals surface area contributed by atoms with Crippen LogP contribution in [0.2, 0.25) is 0 Å². The van der Waals surface area contributed by atoms with E-state index in [0.717, 1.165) is 60.1 Å². The number of aryl methyl sites for hydroxylation is 2. The predicted octanol–water partition coefficient (Wildman–Crippen LogP) is 3.85. The van der Waals surface area contributed by atoms with Crippen molar-refractivity contribution in [3.8, 4) is 5.75 Å². The number of carbonyl (C=O) groups is 1. The van der Waals surface area contributed by atoms with Gasteiger partial charge < -0.3 is 25.2 Å². The van der Waals surface area contributed by atoms with E-state index < -0.39 is 0 Å². The number of nitrogens with one attached hydrogen (secondary N) is 2. The molecular formula is C25H30N6O2. The summed E-state index contributed by atoms with van der Waals surface area (Å²) in [6.45, 7) is 7.92. The van der Waals surface area contributed by atoms with Crippen LogP contribution in [0.1, 0.15) is 21.5 Å². The number of rotatable bonds is 6. The first-order chi connectivity index (χ1) is 15.9. The van der Waals surface area contributed by atoms with Gasteiger partial charge in [-0.2, -0.15) is 0 Å². The molecule has 0 radical (unpaired) electrons. The zero-order chi connectivity index (χ0) is 23.4. The lowest BCUT2D eigenvalue weighted by atomic mass is 10.1. The van der Waals surface area contributed by atoms with E-state index in [1.54, 1.807) is 7.11 Å². The van der Waals surface area contributed by atoms with Gasteiger partial charge in [-0.05, 0) is 44.2 Å². The van der Waals surface area contributed by atoms with Crippen LogP contribution in [0.15, 0.2) is 48.8 Å². The van der Waals surface area contributed by atoms with Crippen LogP contribution in [0, 0.1) is 13.8 Å². The molecule has 2 N–H and O–H groups in total. The molecule has 8 nitrogen and oxygen atoms in total. The van der Waals surface area contributed by atoms with Crippen LogP contribution in [0.4, 0.5) is 23.0 Å². The maximum Gasteiger partial charge on any atom is 0.258 e.